The summed E-state index contributed by atoms with van der Waals surface area (Å²) >= 11 is 1.57. The van der Waals surface area contributed by atoms with Crippen LogP contribution in [0.1, 0.15) is 30.5 Å². The van der Waals surface area contributed by atoms with Crippen molar-refractivity contribution in [2.24, 2.45) is 0 Å². The molecule has 5 nitrogen and oxygen atoms in total. The number of fused-ring (bicyclic) bond motifs is 1. The van der Waals surface area contributed by atoms with E-state index in [0.29, 0.717) is 12.3 Å². The van der Waals surface area contributed by atoms with E-state index in [0.717, 1.165) is 46.1 Å². The molecule has 2 aromatic carbocycles. The second-order valence-electron chi connectivity index (χ2n) is 7.60. The summed E-state index contributed by atoms with van der Waals surface area (Å²) in [5.41, 5.74) is 4.48. The molecule has 0 fully saturated rings. The molecule has 0 unspecified atom stereocenters. The Morgan fingerprint density at radius 3 is 2.37 bits per heavy atom. The Morgan fingerprint density at radius 2 is 1.70 bits per heavy atom. The first-order valence-corrected chi connectivity index (χ1v) is 11.3. The molecule has 0 aliphatic carbocycles. The van der Waals surface area contributed by atoms with Gasteiger partial charge in [-0.3, -0.25) is 9.69 Å². The Hall–Kier alpha value is -2.44. The smallest absolute Gasteiger partial charge is 0.266 e. The highest BCUT2D eigenvalue weighted by molar-refractivity contribution is 7.22. The number of carbonyl (C=O) groups excluding carboxylic acids is 1. The van der Waals surface area contributed by atoms with E-state index in [4.69, 9.17) is 9.72 Å². The van der Waals surface area contributed by atoms with Gasteiger partial charge in [0.15, 0.2) is 11.7 Å². The molecule has 30 heavy (non-hydrogen) atoms. The minimum absolute atomic E-state index is 0.00472. The number of aromatic nitrogens is 1. The van der Waals surface area contributed by atoms with Crippen molar-refractivity contribution in [1.29, 1.82) is 0 Å². The molecule has 0 spiro atoms. The molecule has 1 aromatic heterocycles. The van der Waals surface area contributed by atoms with Crippen LogP contribution in [0.25, 0.3) is 10.2 Å². The highest BCUT2D eigenvalue weighted by atomic mass is 32.1. The van der Waals surface area contributed by atoms with E-state index in [1.807, 2.05) is 31.2 Å². The molecule has 160 valence electrons. The molecule has 1 heterocycles. The quantitative estimate of drug-likeness (QED) is 0.485. The number of ether oxygens (including phenoxy) is 1. The highest BCUT2D eigenvalue weighted by Crippen LogP contribution is 2.31. The summed E-state index contributed by atoms with van der Waals surface area (Å²) in [6.07, 6.45) is 0. The maximum atomic E-state index is 13.2. The van der Waals surface area contributed by atoms with Crippen LogP contribution >= 0.6 is 11.3 Å². The normalized spacial score (nSPS) is 11.3. The van der Waals surface area contributed by atoms with Crippen molar-refractivity contribution in [3.8, 4) is 5.75 Å². The first-order valence-electron chi connectivity index (χ1n) is 10.5. The first-order chi connectivity index (χ1) is 14.4. The molecule has 0 aliphatic heterocycles. The Labute approximate surface area is 183 Å². The second kappa shape index (κ2) is 10.0. The molecule has 0 N–H and O–H groups in total. The van der Waals surface area contributed by atoms with Gasteiger partial charge in [0.2, 0.25) is 0 Å². The fourth-order valence-electron chi connectivity index (χ4n) is 3.44. The standard InChI is InChI=1S/C24H31N3O2S/c1-6-26(7-2)12-13-27(22(28)16-29-20-10-8-17(3)9-11-20)24-25-23-19(5)14-18(4)15-21(23)30-24/h8-11,14-15H,6-7,12-13,16H2,1-5H3. The predicted octanol–water partition coefficient (Wildman–Crippen LogP) is 4.98. The zero-order valence-electron chi connectivity index (χ0n) is 18.6. The molecular weight excluding hydrogens is 394 g/mol. The van der Waals surface area contributed by atoms with E-state index >= 15 is 0 Å². The van der Waals surface area contributed by atoms with Crippen molar-refractivity contribution in [3.63, 3.8) is 0 Å². The van der Waals surface area contributed by atoms with Gasteiger partial charge in [0.05, 0.1) is 10.2 Å². The van der Waals surface area contributed by atoms with Gasteiger partial charge in [-0.1, -0.05) is 48.9 Å². The summed E-state index contributed by atoms with van der Waals surface area (Å²) in [6.45, 7) is 13.8. The van der Waals surface area contributed by atoms with Crippen molar-refractivity contribution < 1.29 is 9.53 Å². The molecule has 0 aliphatic rings. The lowest BCUT2D eigenvalue weighted by atomic mass is 10.1. The number of hydrogen-bond donors (Lipinski definition) is 0. The Bertz CT molecular complexity index is 994. The summed E-state index contributed by atoms with van der Waals surface area (Å²) in [5, 5.41) is 0.739. The molecule has 6 heteroatoms. The molecule has 1 amide bonds. The van der Waals surface area contributed by atoms with Crippen LogP contribution in [0.15, 0.2) is 36.4 Å². The minimum atomic E-state index is -0.0730. The van der Waals surface area contributed by atoms with Crippen molar-refractivity contribution in [2.45, 2.75) is 34.6 Å². The third-order valence-corrected chi connectivity index (χ3v) is 6.29. The van der Waals surface area contributed by atoms with Gasteiger partial charge in [-0.25, -0.2) is 4.98 Å². The Balaban J connectivity index is 1.82. The fourth-order valence-corrected chi connectivity index (χ4v) is 4.63. The average molecular weight is 426 g/mol. The highest BCUT2D eigenvalue weighted by Gasteiger charge is 2.21. The number of thiazole rings is 1. The molecule has 0 saturated heterocycles. The lowest BCUT2D eigenvalue weighted by molar-refractivity contribution is -0.120. The first kappa shape index (κ1) is 22.2. The maximum Gasteiger partial charge on any atom is 0.266 e. The number of carbonyl (C=O) groups is 1. The second-order valence-corrected chi connectivity index (χ2v) is 8.61. The summed E-state index contributed by atoms with van der Waals surface area (Å²) in [4.78, 5) is 22.1. The summed E-state index contributed by atoms with van der Waals surface area (Å²) in [7, 11) is 0. The van der Waals surface area contributed by atoms with Gasteiger partial charge in [-0.15, -0.1) is 0 Å². The molecule has 3 aromatic rings. The fraction of sp³-hybridized carbons (Fsp3) is 0.417. The van der Waals surface area contributed by atoms with Crippen LogP contribution in [-0.4, -0.2) is 48.6 Å². The van der Waals surface area contributed by atoms with Gasteiger partial charge in [0.25, 0.3) is 5.91 Å². The lowest BCUT2D eigenvalue weighted by Gasteiger charge is -2.24. The lowest BCUT2D eigenvalue weighted by Crippen LogP contribution is -2.41. The van der Waals surface area contributed by atoms with Gasteiger partial charge < -0.3 is 9.64 Å². The SMILES string of the molecule is CCN(CC)CCN(C(=O)COc1ccc(C)cc1)c1nc2c(C)cc(C)cc2s1. The van der Waals surface area contributed by atoms with E-state index in [-0.39, 0.29) is 12.5 Å². The van der Waals surface area contributed by atoms with Crippen LogP contribution in [0.4, 0.5) is 5.13 Å². The van der Waals surface area contributed by atoms with Crippen LogP contribution < -0.4 is 9.64 Å². The minimum Gasteiger partial charge on any atom is -0.484 e. The van der Waals surface area contributed by atoms with E-state index in [1.54, 1.807) is 16.2 Å². The third kappa shape index (κ3) is 5.37. The topological polar surface area (TPSA) is 45.7 Å². The van der Waals surface area contributed by atoms with E-state index < -0.39 is 0 Å². The maximum absolute atomic E-state index is 13.2. The van der Waals surface area contributed by atoms with Gasteiger partial charge in [0, 0.05) is 13.1 Å². The van der Waals surface area contributed by atoms with Gasteiger partial charge in [0.1, 0.15) is 5.75 Å². The zero-order chi connectivity index (χ0) is 21.7. The number of anilines is 1. The molecule has 0 bridgehead atoms. The molecular formula is C24H31N3O2S. The van der Waals surface area contributed by atoms with E-state index in [1.165, 1.54) is 5.56 Å². The molecule has 0 atom stereocenters. The van der Waals surface area contributed by atoms with Crippen LogP contribution in [0.3, 0.4) is 0 Å². The third-order valence-electron chi connectivity index (χ3n) is 5.27. The summed E-state index contributed by atoms with van der Waals surface area (Å²) in [5.74, 6) is 0.629. The van der Waals surface area contributed by atoms with Crippen LogP contribution in [0, 0.1) is 20.8 Å². The van der Waals surface area contributed by atoms with E-state index in [9.17, 15) is 4.79 Å². The largest absolute Gasteiger partial charge is 0.484 e. The van der Waals surface area contributed by atoms with Crippen molar-refractivity contribution in [1.82, 2.24) is 9.88 Å². The van der Waals surface area contributed by atoms with Crippen LogP contribution in [0.2, 0.25) is 0 Å². The van der Waals surface area contributed by atoms with Gasteiger partial charge >= 0.3 is 0 Å². The number of benzene rings is 2. The van der Waals surface area contributed by atoms with Crippen molar-refractivity contribution >= 4 is 32.6 Å². The number of aryl methyl sites for hydroxylation is 3. The van der Waals surface area contributed by atoms with Crippen LogP contribution in [-0.2, 0) is 4.79 Å². The number of amides is 1. The van der Waals surface area contributed by atoms with Crippen molar-refractivity contribution in [3.05, 3.63) is 53.1 Å². The Morgan fingerprint density at radius 1 is 1.00 bits per heavy atom. The number of likely N-dealkylation sites (N-methyl/N-ethyl adjacent to an activating group) is 1. The molecule has 0 radical (unpaired) electrons. The van der Waals surface area contributed by atoms with Gasteiger partial charge in [-0.05, 0) is 63.2 Å². The number of nitrogens with zero attached hydrogens (tertiary/aromatic N) is 3. The summed E-state index contributed by atoms with van der Waals surface area (Å²) in [6, 6.07) is 12.0. The summed E-state index contributed by atoms with van der Waals surface area (Å²) < 4.78 is 6.89. The molecule has 3 rings (SSSR count). The molecule has 0 saturated carbocycles. The van der Waals surface area contributed by atoms with E-state index in [2.05, 4.69) is 44.7 Å². The monoisotopic (exact) mass is 425 g/mol. The number of hydrogen-bond acceptors (Lipinski definition) is 5. The predicted molar refractivity (Wildman–Crippen MR) is 126 cm³/mol. The average Bonchev–Trinajstić information content (AvgIpc) is 3.14. The van der Waals surface area contributed by atoms with Crippen molar-refractivity contribution in [2.75, 3.05) is 37.7 Å². The van der Waals surface area contributed by atoms with Gasteiger partial charge in [-0.2, -0.15) is 0 Å². The zero-order valence-corrected chi connectivity index (χ0v) is 19.4. The van der Waals surface area contributed by atoms with Crippen LogP contribution in [0.5, 0.6) is 5.75 Å². The number of rotatable bonds is 9. The Kier molecular flexibility index (Phi) is 7.45.